The van der Waals surface area contributed by atoms with Gasteiger partial charge in [-0.3, -0.25) is 4.90 Å². The van der Waals surface area contributed by atoms with E-state index in [9.17, 15) is 0 Å². The summed E-state index contributed by atoms with van der Waals surface area (Å²) in [5.74, 6) is 0.975. The molecule has 0 spiro atoms. The highest BCUT2D eigenvalue weighted by Crippen LogP contribution is 2.36. The van der Waals surface area contributed by atoms with Gasteiger partial charge in [0.15, 0.2) is 0 Å². The average Bonchev–Trinajstić information content (AvgIpc) is 2.73. The molecule has 0 aromatic carbocycles. The van der Waals surface area contributed by atoms with Gasteiger partial charge in [0, 0.05) is 19.1 Å². The fraction of sp³-hybridized carbons (Fsp3) is 1.00. The summed E-state index contributed by atoms with van der Waals surface area (Å²) in [6.45, 7) is 3.76. The molecule has 76 valence electrons. The Labute approximate surface area is 79.7 Å². The molecule has 1 saturated heterocycles. The van der Waals surface area contributed by atoms with Gasteiger partial charge in [-0.2, -0.15) is 0 Å². The van der Waals surface area contributed by atoms with Crippen LogP contribution in [-0.2, 0) is 4.74 Å². The summed E-state index contributed by atoms with van der Waals surface area (Å²) in [6, 6.07) is 0.850. The topological polar surface area (TPSA) is 32.7 Å². The molecule has 0 aromatic heterocycles. The molecule has 1 saturated carbocycles. The standard InChI is InChI=1S/C10H19NO2/c12-4-6-13-5-3-11-8-9-1-2-10(11)7-9/h9-10,12H,1-8H2/t9-,10-/m1/s1. The third-order valence-electron chi connectivity index (χ3n) is 3.28. The van der Waals surface area contributed by atoms with E-state index in [2.05, 4.69) is 4.90 Å². The number of piperidine rings is 1. The number of nitrogens with zero attached hydrogens (tertiary/aromatic N) is 1. The highest BCUT2D eigenvalue weighted by molar-refractivity contribution is 4.91. The number of rotatable bonds is 5. The molecule has 2 aliphatic rings. The summed E-state index contributed by atoms with van der Waals surface area (Å²) in [6.07, 6.45) is 4.25. The average molecular weight is 185 g/mol. The highest BCUT2D eigenvalue weighted by atomic mass is 16.5. The molecular weight excluding hydrogens is 166 g/mol. The van der Waals surface area contributed by atoms with Gasteiger partial charge in [0.2, 0.25) is 0 Å². The summed E-state index contributed by atoms with van der Waals surface area (Å²) >= 11 is 0. The number of hydrogen-bond donors (Lipinski definition) is 1. The van der Waals surface area contributed by atoms with Crippen molar-refractivity contribution in [2.45, 2.75) is 25.3 Å². The third kappa shape index (κ3) is 2.22. The Hall–Kier alpha value is -0.120. The van der Waals surface area contributed by atoms with Gasteiger partial charge in [0.1, 0.15) is 0 Å². The smallest absolute Gasteiger partial charge is 0.0698 e. The van der Waals surface area contributed by atoms with E-state index >= 15 is 0 Å². The summed E-state index contributed by atoms with van der Waals surface area (Å²) < 4.78 is 5.26. The lowest BCUT2D eigenvalue weighted by molar-refractivity contribution is 0.0666. The molecule has 2 atom stereocenters. The van der Waals surface area contributed by atoms with Crippen molar-refractivity contribution in [1.29, 1.82) is 0 Å². The molecule has 13 heavy (non-hydrogen) atoms. The zero-order valence-electron chi connectivity index (χ0n) is 8.11. The van der Waals surface area contributed by atoms with Crippen LogP contribution < -0.4 is 0 Å². The van der Waals surface area contributed by atoms with Crippen LogP contribution in [-0.4, -0.2) is 49.0 Å². The van der Waals surface area contributed by atoms with Crippen LogP contribution in [0.25, 0.3) is 0 Å². The lowest BCUT2D eigenvalue weighted by atomic mass is 10.1. The minimum Gasteiger partial charge on any atom is -0.394 e. The van der Waals surface area contributed by atoms with E-state index in [1.54, 1.807) is 0 Å². The van der Waals surface area contributed by atoms with Gasteiger partial charge in [-0.15, -0.1) is 0 Å². The SMILES string of the molecule is OCCOCCN1C[C@@H]2CC[C@@H]1C2. The first-order valence-electron chi connectivity index (χ1n) is 5.33. The number of ether oxygens (including phenoxy) is 1. The van der Waals surface area contributed by atoms with Crippen molar-refractivity contribution >= 4 is 0 Å². The van der Waals surface area contributed by atoms with E-state index in [0.717, 1.165) is 25.1 Å². The molecule has 1 N–H and O–H groups in total. The fourth-order valence-electron chi connectivity index (χ4n) is 2.65. The van der Waals surface area contributed by atoms with Crippen molar-refractivity contribution in [3.63, 3.8) is 0 Å². The normalized spacial score (nSPS) is 33.0. The van der Waals surface area contributed by atoms with Crippen molar-refractivity contribution in [3.8, 4) is 0 Å². The molecule has 1 aliphatic heterocycles. The predicted octanol–water partition coefficient (Wildman–Crippen LogP) is 0.480. The number of aliphatic hydroxyl groups is 1. The summed E-state index contributed by atoms with van der Waals surface area (Å²) in [7, 11) is 0. The fourth-order valence-corrected chi connectivity index (χ4v) is 2.65. The first-order valence-corrected chi connectivity index (χ1v) is 5.33. The van der Waals surface area contributed by atoms with Crippen LogP contribution in [0.3, 0.4) is 0 Å². The van der Waals surface area contributed by atoms with Crippen molar-refractivity contribution in [2.24, 2.45) is 5.92 Å². The van der Waals surface area contributed by atoms with Gasteiger partial charge in [0.25, 0.3) is 0 Å². The Balaban J connectivity index is 1.60. The van der Waals surface area contributed by atoms with Crippen molar-refractivity contribution < 1.29 is 9.84 Å². The molecule has 3 nitrogen and oxygen atoms in total. The minimum absolute atomic E-state index is 0.145. The Morgan fingerprint density at radius 2 is 2.23 bits per heavy atom. The third-order valence-corrected chi connectivity index (χ3v) is 3.28. The molecule has 0 unspecified atom stereocenters. The minimum atomic E-state index is 0.145. The van der Waals surface area contributed by atoms with Crippen LogP contribution in [0.4, 0.5) is 0 Å². The molecular formula is C10H19NO2. The molecule has 2 fully saturated rings. The van der Waals surface area contributed by atoms with Gasteiger partial charge in [-0.05, 0) is 25.2 Å². The quantitative estimate of drug-likeness (QED) is 0.632. The molecule has 2 rings (SSSR count). The second kappa shape index (κ2) is 4.40. The van der Waals surface area contributed by atoms with Crippen LogP contribution in [0.15, 0.2) is 0 Å². The van der Waals surface area contributed by atoms with Gasteiger partial charge in [-0.1, -0.05) is 0 Å². The van der Waals surface area contributed by atoms with Gasteiger partial charge < -0.3 is 9.84 Å². The van der Waals surface area contributed by atoms with Crippen molar-refractivity contribution in [3.05, 3.63) is 0 Å². The van der Waals surface area contributed by atoms with Crippen LogP contribution >= 0.6 is 0 Å². The molecule has 0 radical (unpaired) electrons. The Morgan fingerprint density at radius 1 is 1.31 bits per heavy atom. The van der Waals surface area contributed by atoms with Crippen LogP contribution in [0.1, 0.15) is 19.3 Å². The van der Waals surface area contributed by atoms with E-state index < -0.39 is 0 Å². The lowest BCUT2D eigenvalue weighted by Gasteiger charge is -2.26. The van der Waals surface area contributed by atoms with Gasteiger partial charge in [0.05, 0.1) is 19.8 Å². The van der Waals surface area contributed by atoms with Crippen LogP contribution in [0, 0.1) is 5.92 Å². The zero-order chi connectivity index (χ0) is 9.10. The van der Waals surface area contributed by atoms with E-state index in [4.69, 9.17) is 9.84 Å². The second-order valence-corrected chi connectivity index (χ2v) is 4.16. The first-order chi connectivity index (χ1) is 6.40. The molecule has 3 heteroatoms. The molecule has 0 amide bonds. The zero-order valence-corrected chi connectivity index (χ0v) is 8.11. The van der Waals surface area contributed by atoms with E-state index in [-0.39, 0.29) is 6.61 Å². The van der Waals surface area contributed by atoms with Crippen molar-refractivity contribution in [1.82, 2.24) is 4.90 Å². The monoisotopic (exact) mass is 185 g/mol. The maximum absolute atomic E-state index is 8.52. The van der Waals surface area contributed by atoms with E-state index in [0.29, 0.717) is 6.61 Å². The number of fused-ring (bicyclic) bond motifs is 2. The number of likely N-dealkylation sites (tertiary alicyclic amines) is 1. The maximum Gasteiger partial charge on any atom is 0.0698 e. The Kier molecular flexibility index (Phi) is 3.19. The summed E-state index contributed by atoms with van der Waals surface area (Å²) in [5.41, 5.74) is 0. The molecule has 1 heterocycles. The van der Waals surface area contributed by atoms with E-state index in [1.165, 1.54) is 25.8 Å². The molecule has 0 aromatic rings. The molecule has 1 aliphatic carbocycles. The Morgan fingerprint density at radius 3 is 2.85 bits per heavy atom. The largest absolute Gasteiger partial charge is 0.394 e. The Bertz CT molecular complexity index is 163. The first kappa shape index (κ1) is 9.44. The summed E-state index contributed by atoms with van der Waals surface area (Å²) in [4.78, 5) is 2.55. The van der Waals surface area contributed by atoms with Gasteiger partial charge >= 0.3 is 0 Å². The number of hydrogen-bond acceptors (Lipinski definition) is 3. The van der Waals surface area contributed by atoms with Crippen LogP contribution in [0.5, 0.6) is 0 Å². The predicted molar refractivity (Wildman–Crippen MR) is 50.6 cm³/mol. The van der Waals surface area contributed by atoms with E-state index in [1.807, 2.05) is 0 Å². The second-order valence-electron chi connectivity index (χ2n) is 4.16. The van der Waals surface area contributed by atoms with Crippen LogP contribution in [0.2, 0.25) is 0 Å². The molecule has 2 bridgehead atoms. The maximum atomic E-state index is 8.52. The summed E-state index contributed by atoms with van der Waals surface area (Å²) in [5, 5.41) is 8.52. The highest BCUT2D eigenvalue weighted by Gasteiger charge is 2.36. The van der Waals surface area contributed by atoms with Gasteiger partial charge in [-0.25, -0.2) is 0 Å². The number of aliphatic hydroxyl groups excluding tert-OH is 1. The lowest BCUT2D eigenvalue weighted by Crippen LogP contribution is -2.34. The van der Waals surface area contributed by atoms with Crippen molar-refractivity contribution in [2.75, 3.05) is 32.9 Å².